The molecule has 0 radical (unpaired) electrons. The van der Waals surface area contributed by atoms with Gasteiger partial charge in [-0.15, -0.1) is 0 Å². The maximum atomic E-state index is 11.8. The number of hydrogen-bond donors (Lipinski definition) is 2. The van der Waals surface area contributed by atoms with Gasteiger partial charge in [0.1, 0.15) is 5.25 Å². The highest BCUT2D eigenvalue weighted by atomic mass is 32.2. The lowest BCUT2D eigenvalue weighted by atomic mass is 10.2. The van der Waals surface area contributed by atoms with Crippen molar-refractivity contribution < 1.29 is 13.2 Å². The molecule has 0 saturated heterocycles. The Bertz CT molecular complexity index is 311. The number of hydrogen-bond acceptors (Lipinski definition) is 4. The molecule has 7 heteroatoms. The monoisotopic (exact) mass is 268 g/mol. The van der Waals surface area contributed by atoms with Crippen LogP contribution in [0.15, 0.2) is 0 Å². The Morgan fingerprint density at radius 1 is 1.56 bits per heavy atom. The molecule has 0 rings (SSSR count). The maximum Gasteiger partial charge on any atom is 0.221 e. The molecule has 0 amide bonds. The zero-order valence-electron chi connectivity index (χ0n) is 9.89. The Kier molecular flexibility index (Phi) is 7.05. The summed E-state index contributed by atoms with van der Waals surface area (Å²) in [6.07, 6.45) is 1.59. The summed E-state index contributed by atoms with van der Waals surface area (Å²) in [5.41, 5.74) is 5.33. The second-order valence-electron chi connectivity index (χ2n) is 3.65. The van der Waals surface area contributed by atoms with E-state index in [4.69, 9.17) is 10.5 Å². The summed E-state index contributed by atoms with van der Waals surface area (Å²) in [6.45, 7) is 3.80. The van der Waals surface area contributed by atoms with E-state index in [9.17, 15) is 8.42 Å². The van der Waals surface area contributed by atoms with Crippen LogP contribution in [0.2, 0.25) is 0 Å². The van der Waals surface area contributed by atoms with E-state index >= 15 is 0 Å². The maximum absolute atomic E-state index is 11.8. The van der Waals surface area contributed by atoms with Crippen LogP contribution in [0.25, 0.3) is 0 Å². The highest BCUT2D eigenvalue weighted by molar-refractivity contribution is 7.93. The van der Waals surface area contributed by atoms with E-state index in [0.717, 1.165) is 12.8 Å². The van der Waals surface area contributed by atoms with E-state index in [0.29, 0.717) is 6.61 Å². The second kappa shape index (κ2) is 7.16. The summed E-state index contributed by atoms with van der Waals surface area (Å²) in [4.78, 5) is -0.0276. The molecule has 0 bridgehead atoms. The zero-order chi connectivity index (χ0) is 12.8. The van der Waals surface area contributed by atoms with E-state index in [2.05, 4.69) is 16.9 Å². The lowest BCUT2D eigenvalue weighted by Crippen LogP contribution is -2.46. The molecule has 2 atom stereocenters. The van der Waals surface area contributed by atoms with E-state index in [1.54, 1.807) is 0 Å². The van der Waals surface area contributed by atoms with Gasteiger partial charge in [0.25, 0.3) is 0 Å². The molecule has 0 spiro atoms. The van der Waals surface area contributed by atoms with Gasteiger partial charge in [-0.3, -0.25) is 0 Å². The van der Waals surface area contributed by atoms with Crippen molar-refractivity contribution in [1.29, 1.82) is 0 Å². The highest BCUT2D eigenvalue weighted by Crippen LogP contribution is 2.04. The third-order valence-electron chi connectivity index (χ3n) is 2.20. The average molecular weight is 268 g/mol. The largest absolute Gasteiger partial charge is 0.392 e. The van der Waals surface area contributed by atoms with Gasteiger partial charge in [-0.05, 0) is 13.3 Å². The van der Waals surface area contributed by atoms with Crippen molar-refractivity contribution in [2.45, 2.75) is 38.0 Å². The van der Waals surface area contributed by atoms with Crippen molar-refractivity contribution in [3.05, 3.63) is 0 Å². The highest BCUT2D eigenvalue weighted by Gasteiger charge is 2.25. The van der Waals surface area contributed by atoms with Crippen molar-refractivity contribution in [3.63, 3.8) is 0 Å². The van der Waals surface area contributed by atoms with Gasteiger partial charge >= 0.3 is 0 Å². The molecule has 0 aromatic heterocycles. The van der Waals surface area contributed by atoms with Crippen LogP contribution in [0.4, 0.5) is 0 Å². The number of sulfonamides is 1. The van der Waals surface area contributed by atoms with Crippen molar-refractivity contribution in [2.24, 2.45) is 5.73 Å². The topological polar surface area (TPSA) is 81.4 Å². The predicted molar refractivity (Wildman–Crippen MR) is 68.9 cm³/mol. The van der Waals surface area contributed by atoms with Crippen LogP contribution in [0.3, 0.4) is 0 Å². The fourth-order valence-electron chi connectivity index (χ4n) is 1.21. The molecule has 0 aliphatic carbocycles. The SMILES string of the molecule is CCCC(COC)NS(=O)(=O)C(C)C(N)=S. The molecule has 0 aliphatic rings. The van der Waals surface area contributed by atoms with Gasteiger partial charge in [0, 0.05) is 13.2 Å². The van der Waals surface area contributed by atoms with E-state index in [1.165, 1.54) is 14.0 Å². The lowest BCUT2D eigenvalue weighted by Gasteiger charge is -2.20. The van der Waals surface area contributed by atoms with Gasteiger partial charge in [0.2, 0.25) is 10.0 Å². The lowest BCUT2D eigenvalue weighted by molar-refractivity contribution is 0.171. The van der Waals surface area contributed by atoms with Crippen molar-refractivity contribution in [2.75, 3.05) is 13.7 Å². The zero-order valence-corrected chi connectivity index (χ0v) is 11.5. The third-order valence-corrected chi connectivity index (χ3v) is 4.55. The number of thiocarbonyl (C=S) groups is 1. The summed E-state index contributed by atoms with van der Waals surface area (Å²) in [5.74, 6) is 0. The molecule has 2 unspecified atom stereocenters. The average Bonchev–Trinajstić information content (AvgIpc) is 2.16. The fraction of sp³-hybridized carbons (Fsp3) is 0.889. The van der Waals surface area contributed by atoms with Gasteiger partial charge < -0.3 is 10.5 Å². The van der Waals surface area contributed by atoms with Crippen molar-refractivity contribution in [1.82, 2.24) is 4.72 Å². The first-order chi connectivity index (χ1) is 7.35. The number of ether oxygens (including phenoxy) is 1. The molecule has 0 aromatic rings. The molecule has 0 fully saturated rings. The third kappa shape index (κ3) is 5.20. The first kappa shape index (κ1) is 15.8. The first-order valence-corrected chi connectivity index (χ1v) is 7.10. The number of nitrogens with two attached hydrogens (primary N) is 1. The molecule has 5 nitrogen and oxygen atoms in total. The van der Waals surface area contributed by atoms with Gasteiger partial charge in [0.05, 0.1) is 11.6 Å². The van der Waals surface area contributed by atoms with Crippen LogP contribution >= 0.6 is 12.2 Å². The molecule has 0 aliphatic heterocycles. The van der Waals surface area contributed by atoms with Crippen LogP contribution in [0.5, 0.6) is 0 Å². The van der Waals surface area contributed by atoms with E-state index in [1.807, 2.05) is 6.92 Å². The van der Waals surface area contributed by atoms with Crippen LogP contribution in [-0.2, 0) is 14.8 Å². The van der Waals surface area contributed by atoms with Crippen LogP contribution in [-0.4, -0.2) is 38.4 Å². The smallest absolute Gasteiger partial charge is 0.221 e. The van der Waals surface area contributed by atoms with Gasteiger partial charge in [0.15, 0.2) is 0 Å². The first-order valence-electron chi connectivity index (χ1n) is 5.14. The Morgan fingerprint density at radius 2 is 2.12 bits per heavy atom. The summed E-state index contributed by atoms with van der Waals surface area (Å²) in [5, 5.41) is -0.862. The number of nitrogens with one attached hydrogen (secondary N) is 1. The van der Waals surface area contributed by atoms with Crippen molar-refractivity contribution >= 4 is 27.2 Å². The molecule has 16 heavy (non-hydrogen) atoms. The Hall–Kier alpha value is -0.240. The van der Waals surface area contributed by atoms with Crippen LogP contribution < -0.4 is 10.5 Å². The summed E-state index contributed by atoms with van der Waals surface area (Å²) >= 11 is 4.68. The molecule has 0 saturated carbocycles. The Labute approximate surface area is 103 Å². The minimum absolute atomic E-state index is 0.0276. The molecule has 0 heterocycles. The van der Waals surface area contributed by atoms with Crippen LogP contribution in [0.1, 0.15) is 26.7 Å². The van der Waals surface area contributed by atoms with Gasteiger partial charge in [-0.2, -0.15) is 0 Å². The van der Waals surface area contributed by atoms with Crippen molar-refractivity contribution in [3.8, 4) is 0 Å². The number of methoxy groups -OCH3 is 1. The number of rotatable bonds is 8. The predicted octanol–water partition coefficient (Wildman–Crippen LogP) is 0.396. The molecule has 0 aromatic carbocycles. The quantitative estimate of drug-likeness (QED) is 0.623. The normalized spacial score (nSPS) is 15.7. The molecular weight excluding hydrogens is 248 g/mol. The van der Waals surface area contributed by atoms with Gasteiger partial charge in [-0.25, -0.2) is 13.1 Å². The molecular formula is C9H20N2O3S2. The molecule has 3 N–H and O–H groups in total. The van der Waals surface area contributed by atoms with Crippen LogP contribution in [0, 0.1) is 0 Å². The van der Waals surface area contributed by atoms with Gasteiger partial charge in [-0.1, -0.05) is 25.6 Å². The summed E-state index contributed by atoms with van der Waals surface area (Å²) in [6, 6.07) is -0.225. The fourth-order valence-corrected chi connectivity index (χ4v) is 2.75. The second-order valence-corrected chi connectivity index (χ2v) is 6.15. The summed E-state index contributed by atoms with van der Waals surface area (Å²) in [7, 11) is -1.96. The molecule has 96 valence electrons. The van der Waals surface area contributed by atoms with E-state index in [-0.39, 0.29) is 11.0 Å². The Balaban J connectivity index is 4.58. The summed E-state index contributed by atoms with van der Waals surface area (Å²) < 4.78 is 31.1. The minimum Gasteiger partial charge on any atom is -0.392 e. The Morgan fingerprint density at radius 3 is 2.50 bits per heavy atom. The standard InChI is InChI=1S/C9H20N2O3S2/c1-4-5-8(6-14-3)11-16(12,13)7(2)9(10)15/h7-8,11H,4-6H2,1-3H3,(H2,10,15). The van der Waals surface area contributed by atoms with E-state index < -0.39 is 15.3 Å². The minimum atomic E-state index is -3.50.